The molecule has 0 aromatic heterocycles. The summed E-state index contributed by atoms with van der Waals surface area (Å²) in [7, 11) is 0. The van der Waals surface area contributed by atoms with Crippen LogP contribution in [0, 0.1) is 0 Å². The molecular weight excluding hydrogens is 270 g/mol. The number of rotatable bonds is 5. The third-order valence-corrected chi connectivity index (χ3v) is 3.86. The molecule has 5 nitrogen and oxygen atoms in total. The highest BCUT2D eigenvalue weighted by molar-refractivity contribution is 5.88. The molecule has 5 heteroatoms. The predicted octanol–water partition coefficient (Wildman–Crippen LogP) is 2.06. The molecule has 1 aromatic rings. The van der Waals surface area contributed by atoms with E-state index in [1.807, 2.05) is 6.07 Å². The van der Waals surface area contributed by atoms with E-state index < -0.39 is 11.5 Å². The maximum Gasteiger partial charge on any atom is 0.333 e. The highest BCUT2D eigenvalue weighted by Gasteiger charge is 2.37. The average molecular weight is 291 g/mol. The number of carbonyl (C=O) groups excluding carboxylic acids is 1. The molecule has 0 bridgehead atoms. The molecule has 2 atom stereocenters. The first-order valence-corrected chi connectivity index (χ1v) is 7.24. The number of ether oxygens (including phenoxy) is 1. The van der Waals surface area contributed by atoms with Crippen LogP contribution < -0.4 is 5.32 Å². The Labute approximate surface area is 124 Å². The van der Waals surface area contributed by atoms with Crippen molar-refractivity contribution < 1.29 is 19.4 Å². The van der Waals surface area contributed by atoms with Crippen LogP contribution in [0.4, 0.5) is 0 Å². The Hall–Kier alpha value is -1.88. The Balaban J connectivity index is 2.05. The van der Waals surface area contributed by atoms with E-state index in [-0.39, 0.29) is 18.4 Å². The number of amides is 1. The van der Waals surface area contributed by atoms with Gasteiger partial charge in [-0.1, -0.05) is 30.3 Å². The molecule has 0 spiro atoms. The third-order valence-electron chi connectivity index (χ3n) is 3.86. The largest absolute Gasteiger partial charge is 0.479 e. The second-order valence-electron chi connectivity index (χ2n) is 5.54. The minimum atomic E-state index is -1.42. The Morgan fingerprint density at radius 2 is 2.05 bits per heavy atom. The fourth-order valence-electron chi connectivity index (χ4n) is 2.53. The van der Waals surface area contributed by atoms with Gasteiger partial charge in [0.15, 0.2) is 5.54 Å². The van der Waals surface area contributed by atoms with Crippen LogP contribution in [0.15, 0.2) is 30.3 Å². The lowest BCUT2D eigenvalue weighted by molar-refractivity contribution is -0.148. The summed E-state index contributed by atoms with van der Waals surface area (Å²) < 4.78 is 5.52. The summed E-state index contributed by atoms with van der Waals surface area (Å²) in [5.41, 5.74) is -0.872. The summed E-state index contributed by atoms with van der Waals surface area (Å²) in [5.74, 6) is -1.37. The van der Waals surface area contributed by atoms with Crippen LogP contribution in [-0.4, -0.2) is 29.7 Å². The van der Waals surface area contributed by atoms with Gasteiger partial charge in [-0.2, -0.15) is 0 Å². The molecule has 21 heavy (non-hydrogen) atoms. The second kappa shape index (κ2) is 6.72. The average Bonchev–Trinajstić information content (AvgIpc) is 2.48. The lowest BCUT2D eigenvalue weighted by Crippen LogP contribution is -2.50. The third kappa shape index (κ3) is 3.82. The lowest BCUT2D eigenvalue weighted by atomic mass is 9.91. The van der Waals surface area contributed by atoms with Crippen LogP contribution in [0.1, 0.15) is 38.2 Å². The maximum atomic E-state index is 12.2. The molecule has 0 radical (unpaired) electrons. The molecule has 1 fully saturated rings. The smallest absolute Gasteiger partial charge is 0.333 e. The Morgan fingerprint density at radius 1 is 1.33 bits per heavy atom. The van der Waals surface area contributed by atoms with Crippen molar-refractivity contribution in [2.75, 3.05) is 6.61 Å². The summed E-state index contributed by atoms with van der Waals surface area (Å²) in [6.07, 6.45) is 3.02. The van der Waals surface area contributed by atoms with E-state index >= 15 is 0 Å². The van der Waals surface area contributed by atoms with Gasteiger partial charge in [-0.05, 0) is 31.7 Å². The topological polar surface area (TPSA) is 75.6 Å². The molecule has 0 saturated carbocycles. The molecule has 0 aliphatic carbocycles. The Kier molecular flexibility index (Phi) is 4.96. The summed E-state index contributed by atoms with van der Waals surface area (Å²) in [5, 5.41) is 12.1. The van der Waals surface area contributed by atoms with Gasteiger partial charge in [0.05, 0.1) is 12.5 Å². The van der Waals surface area contributed by atoms with Crippen molar-refractivity contribution in [3.63, 3.8) is 0 Å². The molecule has 1 amide bonds. The zero-order valence-corrected chi connectivity index (χ0v) is 12.2. The first kappa shape index (κ1) is 15.5. The number of benzene rings is 1. The molecule has 2 unspecified atom stereocenters. The van der Waals surface area contributed by atoms with Gasteiger partial charge in [0.25, 0.3) is 0 Å². The standard InChI is InChI=1S/C16H21NO4/c1-16(15(19)20,12-7-3-2-4-8-12)17-14(18)11-13-9-5-6-10-21-13/h2-4,7-8,13H,5-6,9-11H2,1H3,(H,17,18)(H,19,20). The van der Waals surface area contributed by atoms with Crippen LogP contribution in [0.25, 0.3) is 0 Å². The van der Waals surface area contributed by atoms with Crippen molar-refractivity contribution in [3.8, 4) is 0 Å². The molecule has 1 aromatic carbocycles. The molecule has 1 heterocycles. The monoisotopic (exact) mass is 291 g/mol. The lowest BCUT2D eigenvalue weighted by Gasteiger charge is -2.28. The van der Waals surface area contributed by atoms with E-state index in [1.54, 1.807) is 24.3 Å². The zero-order valence-electron chi connectivity index (χ0n) is 12.2. The van der Waals surface area contributed by atoms with Gasteiger partial charge in [-0.3, -0.25) is 4.79 Å². The van der Waals surface area contributed by atoms with Gasteiger partial charge >= 0.3 is 5.97 Å². The van der Waals surface area contributed by atoms with Gasteiger partial charge in [-0.15, -0.1) is 0 Å². The molecule has 1 aliphatic heterocycles. The first-order chi connectivity index (χ1) is 10.0. The Morgan fingerprint density at radius 3 is 2.62 bits per heavy atom. The molecule has 114 valence electrons. The quantitative estimate of drug-likeness (QED) is 0.870. The number of hydrogen-bond acceptors (Lipinski definition) is 3. The van der Waals surface area contributed by atoms with Crippen LogP contribution in [-0.2, 0) is 19.9 Å². The molecule has 2 rings (SSSR count). The number of hydrogen-bond donors (Lipinski definition) is 2. The minimum absolute atomic E-state index is 0.104. The number of carboxylic acid groups (broad SMARTS) is 1. The SMILES string of the molecule is CC(NC(=O)CC1CCCCO1)(C(=O)O)c1ccccc1. The molecule has 1 aliphatic rings. The highest BCUT2D eigenvalue weighted by atomic mass is 16.5. The van der Waals surface area contributed by atoms with Crippen molar-refractivity contribution in [2.24, 2.45) is 0 Å². The van der Waals surface area contributed by atoms with Gasteiger partial charge in [0, 0.05) is 6.61 Å². The van der Waals surface area contributed by atoms with E-state index in [4.69, 9.17) is 4.74 Å². The number of nitrogens with one attached hydrogen (secondary N) is 1. The van der Waals surface area contributed by atoms with Crippen LogP contribution in [0.5, 0.6) is 0 Å². The fourth-order valence-corrected chi connectivity index (χ4v) is 2.53. The predicted molar refractivity (Wildman–Crippen MR) is 77.8 cm³/mol. The van der Waals surface area contributed by atoms with Crippen LogP contribution >= 0.6 is 0 Å². The van der Waals surface area contributed by atoms with Gasteiger partial charge in [0.2, 0.25) is 5.91 Å². The zero-order chi connectivity index (χ0) is 15.3. The number of carbonyl (C=O) groups is 2. The normalized spacial score (nSPS) is 21.3. The van der Waals surface area contributed by atoms with E-state index in [0.717, 1.165) is 19.3 Å². The van der Waals surface area contributed by atoms with Crippen molar-refractivity contribution >= 4 is 11.9 Å². The van der Waals surface area contributed by atoms with Crippen molar-refractivity contribution in [3.05, 3.63) is 35.9 Å². The highest BCUT2D eigenvalue weighted by Crippen LogP contribution is 2.22. The van der Waals surface area contributed by atoms with Crippen molar-refractivity contribution in [1.29, 1.82) is 0 Å². The summed E-state index contributed by atoms with van der Waals surface area (Å²) in [6.45, 7) is 2.18. The summed E-state index contributed by atoms with van der Waals surface area (Å²) >= 11 is 0. The number of aliphatic carboxylic acids is 1. The summed E-state index contributed by atoms with van der Waals surface area (Å²) in [6, 6.07) is 8.72. The fraction of sp³-hybridized carbons (Fsp3) is 0.500. The number of carboxylic acids is 1. The first-order valence-electron chi connectivity index (χ1n) is 7.24. The second-order valence-corrected chi connectivity index (χ2v) is 5.54. The molecular formula is C16H21NO4. The van der Waals surface area contributed by atoms with E-state index in [2.05, 4.69) is 5.32 Å². The van der Waals surface area contributed by atoms with Gasteiger partial charge in [-0.25, -0.2) is 4.79 Å². The van der Waals surface area contributed by atoms with E-state index in [0.29, 0.717) is 12.2 Å². The van der Waals surface area contributed by atoms with Gasteiger partial charge in [0.1, 0.15) is 0 Å². The minimum Gasteiger partial charge on any atom is -0.479 e. The molecule has 1 saturated heterocycles. The van der Waals surface area contributed by atoms with Crippen molar-refractivity contribution in [1.82, 2.24) is 5.32 Å². The van der Waals surface area contributed by atoms with E-state index in [1.165, 1.54) is 6.92 Å². The van der Waals surface area contributed by atoms with Crippen molar-refractivity contribution in [2.45, 2.75) is 44.2 Å². The van der Waals surface area contributed by atoms with Gasteiger partial charge < -0.3 is 15.2 Å². The van der Waals surface area contributed by atoms with Crippen LogP contribution in [0.3, 0.4) is 0 Å². The maximum absolute atomic E-state index is 12.2. The summed E-state index contributed by atoms with van der Waals surface area (Å²) in [4.78, 5) is 23.8. The Bertz CT molecular complexity index is 496. The van der Waals surface area contributed by atoms with E-state index in [9.17, 15) is 14.7 Å². The van der Waals surface area contributed by atoms with Crippen LogP contribution in [0.2, 0.25) is 0 Å². The molecule has 2 N–H and O–H groups in total.